The lowest BCUT2D eigenvalue weighted by molar-refractivity contribution is 0.0656. The summed E-state index contributed by atoms with van der Waals surface area (Å²) in [5.41, 5.74) is 0.0971. The van der Waals surface area contributed by atoms with E-state index in [4.69, 9.17) is 0 Å². The Morgan fingerprint density at radius 2 is 2.13 bits per heavy atom. The molecule has 2 N–H and O–H groups in total. The van der Waals surface area contributed by atoms with Crippen molar-refractivity contribution in [3.05, 3.63) is 44.6 Å². The van der Waals surface area contributed by atoms with Crippen molar-refractivity contribution in [1.82, 2.24) is 19.8 Å². The van der Waals surface area contributed by atoms with Gasteiger partial charge in [0, 0.05) is 37.8 Å². The number of rotatable bonds is 2. The summed E-state index contributed by atoms with van der Waals surface area (Å²) in [6.07, 6.45) is 0. The summed E-state index contributed by atoms with van der Waals surface area (Å²) in [6.45, 7) is 6.22. The molecule has 2 aromatic rings. The number of amides is 1. The number of H-pyrrole nitrogens is 1. The van der Waals surface area contributed by atoms with Gasteiger partial charge in [0.2, 0.25) is 0 Å². The van der Waals surface area contributed by atoms with E-state index in [1.165, 1.54) is 0 Å². The van der Waals surface area contributed by atoms with Gasteiger partial charge >= 0.3 is 5.69 Å². The second-order valence-electron chi connectivity index (χ2n) is 5.79. The highest BCUT2D eigenvalue weighted by molar-refractivity contribution is 5.97. The summed E-state index contributed by atoms with van der Waals surface area (Å²) >= 11 is 0. The van der Waals surface area contributed by atoms with Crippen molar-refractivity contribution < 1.29 is 4.79 Å². The Labute approximate surface area is 132 Å². The number of aromatic amines is 1. The second-order valence-corrected chi connectivity index (χ2v) is 5.79. The Hall–Kier alpha value is -2.41. The first-order valence-electron chi connectivity index (χ1n) is 7.81. The van der Waals surface area contributed by atoms with E-state index in [9.17, 15) is 14.4 Å². The van der Waals surface area contributed by atoms with Crippen LogP contribution in [0.15, 0.2) is 27.8 Å². The quantitative estimate of drug-likeness (QED) is 0.825. The van der Waals surface area contributed by atoms with Gasteiger partial charge in [-0.25, -0.2) is 4.79 Å². The van der Waals surface area contributed by atoms with Crippen LogP contribution in [-0.2, 0) is 6.54 Å². The van der Waals surface area contributed by atoms with Gasteiger partial charge in [0.1, 0.15) is 0 Å². The van der Waals surface area contributed by atoms with Gasteiger partial charge in [-0.15, -0.1) is 0 Å². The van der Waals surface area contributed by atoms with Crippen molar-refractivity contribution in [2.45, 2.75) is 26.4 Å². The lowest BCUT2D eigenvalue weighted by atomic mass is 10.1. The Kier molecular flexibility index (Phi) is 4.04. The highest BCUT2D eigenvalue weighted by Crippen LogP contribution is 2.14. The van der Waals surface area contributed by atoms with Gasteiger partial charge in [-0.3, -0.25) is 14.2 Å². The zero-order valence-corrected chi connectivity index (χ0v) is 13.3. The third-order valence-corrected chi connectivity index (χ3v) is 4.31. The number of nitrogens with zero attached hydrogens (tertiary/aromatic N) is 2. The van der Waals surface area contributed by atoms with Crippen molar-refractivity contribution in [2.75, 3.05) is 19.6 Å². The SMILES string of the molecule is CCn1c(=O)[nH]c2cc(C(=O)N3CCNC[C@H]3C)ccc2c1=O. The van der Waals surface area contributed by atoms with E-state index < -0.39 is 5.69 Å². The topological polar surface area (TPSA) is 87.2 Å². The number of aromatic nitrogens is 2. The van der Waals surface area contributed by atoms with Crippen molar-refractivity contribution >= 4 is 16.8 Å². The minimum atomic E-state index is -0.454. The molecule has 1 aliphatic rings. The van der Waals surface area contributed by atoms with Crippen LogP contribution in [0.25, 0.3) is 10.9 Å². The lowest BCUT2D eigenvalue weighted by Crippen LogP contribution is -2.52. The van der Waals surface area contributed by atoms with E-state index in [1.54, 1.807) is 25.1 Å². The fourth-order valence-corrected chi connectivity index (χ4v) is 2.98. The van der Waals surface area contributed by atoms with Crippen LogP contribution in [0.3, 0.4) is 0 Å². The smallest absolute Gasteiger partial charge is 0.328 e. The lowest BCUT2D eigenvalue weighted by Gasteiger charge is -2.34. The van der Waals surface area contributed by atoms with Gasteiger partial charge in [-0.2, -0.15) is 0 Å². The molecule has 0 bridgehead atoms. The van der Waals surface area contributed by atoms with Crippen molar-refractivity contribution in [3.63, 3.8) is 0 Å². The molecule has 0 aliphatic carbocycles. The van der Waals surface area contributed by atoms with Crippen LogP contribution in [0.1, 0.15) is 24.2 Å². The maximum atomic E-state index is 12.7. The van der Waals surface area contributed by atoms with Gasteiger partial charge < -0.3 is 15.2 Å². The first kappa shape index (κ1) is 15.5. The van der Waals surface area contributed by atoms with Crippen molar-refractivity contribution in [2.24, 2.45) is 0 Å². The average Bonchev–Trinajstić information content (AvgIpc) is 2.54. The molecule has 23 heavy (non-hydrogen) atoms. The third-order valence-electron chi connectivity index (χ3n) is 4.31. The number of hydrogen-bond donors (Lipinski definition) is 2. The highest BCUT2D eigenvalue weighted by atomic mass is 16.2. The van der Waals surface area contributed by atoms with Crippen LogP contribution in [0, 0.1) is 0 Å². The van der Waals surface area contributed by atoms with Crippen molar-refractivity contribution in [1.29, 1.82) is 0 Å². The maximum absolute atomic E-state index is 12.7. The van der Waals surface area contributed by atoms with Gasteiger partial charge in [0.15, 0.2) is 0 Å². The Morgan fingerprint density at radius 3 is 2.83 bits per heavy atom. The molecule has 3 rings (SSSR count). The normalized spacial score (nSPS) is 18.3. The largest absolute Gasteiger partial charge is 0.333 e. The molecule has 1 aromatic heterocycles. The molecule has 1 atom stereocenters. The molecule has 122 valence electrons. The second kappa shape index (κ2) is 6.00. The summed E-state index contributed by atoms with van der Waals surface area (Å²) in [6, 6.07) is 4.97. The Morgan fingerprint density at radius 1 is 1.35 bits per heavy atom. The maximum Gasteiger partial charge on any atom is 0.328 e. The van der Waals surface area contributed by atoms with E-state index in [1.807, 2.05) is 11.8 Å². The van der Waals surface area contributed by atoms with E-state index in [2.05, 4.69) is 10.3 Å². The van der Waals surface area contributed by atoms with Crippen molar-refractivity contribution in [3.8, 4) is 0 Å². The van der Waals surface area contributed by atoms with Crippen LogP contribution < -0.4 is 16.6 Å². The molecule has 1 aromatic carbocycles. The zero-order chi connectivity index (χ0) is 16.6. The number of hydrogen-bond acceptors (Lipinski definition) is 4. The predicted molar refractivity (Wildman–Crippen MR) is 87.9 cm³/mol. The molecule has 0 spiro atoms. The molecule has 2 heterocycles. The minimum Gasteiger partial charge on any atom is -0.333 e. The number of carbonyl (C=O) groups excluding carboxylic acids is 1. The number of piperazine rings is 1. The van der Waals surface area contributed by atoms with Gasteiger partial charge in [0.05, 0.1) is 10.9 Å². The first-order valence-corrected chi connectivity index (χ1v) is 7.81. The molecule has 1 saturated heterocycles. The molecular weight excluding hydrogens is 296 g/mol. The zero-order valence-electron chi connectivity index (χ0n) is 13.3. The third kappa shape index (κ3) is 2.68. The summed E-state index contributed by atoms with van der Waals surface area (Å²) in [5, 5.41) is 3.66. The van der Waals surface area contributed by atoms with Gasteiger partial charge in [-0.05, 0) is 32.0 Å². The number of fused-ring (bicyclic) bond motifs is 1. The van der Waals surface area contributed by atoms with Crippen LogP contribution in [0.2, 0.25) is 0 Å². The van der Waals surface area contributed by atoms with Crippen LogP contribution in [0.4, 0.5) is 0 Å². The highest BCUT2D eigenvalue weighted by Gasteiger charge is 2.24. The summed E-state index contributed by atoms with van der Waals surface area (Å²) in [4.78, 5) is 41.3. The van der Waals surface area contributed by atoms with E-state index in [0.29, 0.717) is 29.6 Å². The summed E-state index contributed by atoms with van der Waals surface area (Å²) < 4.78 is 1.14. The molecule has 0 radical (unpaired) electrons. The standard InChI is InChI=1S/C16H20N4O3/c1-3-19-15(22)12-5-4-11(8-13(12)18-16(19)23)14(21)20-7-6-17-9-10(20)2/h4-5,8,10,17H,3,6-7,9H2,1-2H3,(H,18,23)/t10-/m1/s1. The van der Waals surface area contributed by atoms with E-state index in [-0.39, 0.29) is 17.5 Å². The average molecular weight is 316 g/mol. The van der Waals surface area contributed by atoms with Gasteiger partial charge in [0.25, 0.3) is 11.5 Å². The minimum absolute atomic E-state index is 0.0820. The number of benzene rings is 1. The fraction of sp³-hybridized carbons (Fsp3) is 0.438. The first-order chi connectivity index (χ1) is 11.0. The fourth-order valence-electron chi connectivity index (χ4n) is 2.98. The van der Waals surface area contributed by atoms with Gasteiger partial charge in [-0.1, -0.05) is 0 Å². The van der Waals surface area contributed by atoms with E-state index in [0.717, 1.165) is 17.7 Å². The summed E-state index contributed by atoms with van der Waals surface area (Å²) in [5.74, 6) is -0.0820. The molecule has 0 unspecified atom stereocenters. The van der Waals surface area contributed by atoms with Crippen LogP contribution in [0.5, 0.6) is 0 Å². The molecule has 7 heteroatoms. The predicted octanol–water partition coefficient (Wildman–Crippen LogP) is 0.144. The summed E-state index contributed by atoms with van der Waals surface area (Å²) in [7, 11) is 0. The number of carbonyl (C=O) groups is 1. The molecule has 0 saturated carbocycles. The monoisotopic (exact) mass is 316 g/mol. The molecule has 1 fully saturated rings. The number of nitrogens with one attached hydrogen (secondary N) is 2. The van der Waals surface area contributed by atoms with Crippen LogP contribution >= 0.6 is 0 Å². The van der Waals surface area contributed by atoms with E-state index >= 15 is 0 Å². The van der Waals surface area contributed by atoms with Crippen LogP contribution in [-0.4, -0.2) is 46.0 Å². The molecule has 7 nitrogen and oxygen atoms in total. The Balaban J connectivity index is 2.05. The molecular formula is C16H20N4O3. The molecule has 1 aliphatic heterocycles. The Bertz CT molecular complexity index is 868. The molecule has 1 amide bonds.